The first-order valence-corrected chi connectivity index (χ1v) is 10.9. The minimum absolute atomic E-state index is 0.0361. The third-order valence-corrected chi connectivity index (χ3v) is 6.45. The maximum atomic E-state index is 13.2. The topological polar surface area (TPSA) is 61.2 Å². The average molecular weight is 425 g/mol. The van der Waals surface area contributed by atoms with Crippen molar-refractivity contribution in [3.05, 3.63) is 69.0 Å². The molecule has 2 aromatic carbocycles. The van der Waals surface area contributed by atoms with Gasteiger partial charge in [-0.15, -0.1) is 0 Å². The van der Waals surface area contributed by atoms with Crippen LogP contribution in [0.4, 0.5) is 0 Å². The summed E-state index contributed by atoms with van der Waals surface area (Å²) >= 11 is 1.32. The Morgan fingerprint density at radius 3 is 2.47 bits per heavy atom. The Hall–Kier alpha value is -2.44. The Kier molecular flexibility index (Phi) is 6.78. The van der Waals surface area contributed by atoms with Gasteiger partial charge in [-0.25, -0.2) is 4.98 Å². The molecule has 158 valence electrons. The van der Waals surface area contributed by atoms with Crippen molar-refractivity contribution in [3.8, 4) is 0 Å². The number of para-hydroxylation sites is 1. The average Bonchev–Trinajstić information content (AvgIpc) is 2.70. The van der Waals surface area contributed by atoms with Crippen LogP contribution in [0.2, 0.25) is 0 Å². The van der Waals surface area contributed by atoms with Crippen LogP contribution in [0.15, 0.2) is 46.3 Å². The van der Waals surface area contributed by atoms with Crippen LogP contribution >= 0.6 is 11.8 Å². The van der Waals surface area contributed by atoms with Gasteiger partial charge in [-0.3, -0.25) is 14.2 Å². The number of rotatable bonds is 7. The fourth-order valence-electron chi connectivity index (χ4n) is 3.57. The molecule has 3 aromatic rings. The van der Waals surface area contributed by atoms with Gasteiger partial charge in [0.25, 0.3) is 5.56 Å². The van der Waals surface area contributed by atoms with Gasteiger partial charge < -0.3 is 4.74 Å². The Bertz CT molecular complexity index is 1150. The van der Waals surface area contributed by atoms with Crippen molar-refractivity contribution in [1.29, 1.82) is 0 Å². The molecule has 0 saturated heterocycles. The van der Waals surface area contributed by atoms with Gasteiger partial charge in [0.2, 0.25) is 0 Å². The first-order chi connectivity index (χ1) is 14.2. The molecular formula is C24H28N2O3S. The maximum Gasteiger partial charge on any atom is 0.262 e. The van der Waals surface area contributed by atoms with E-state index in [0.717, 1.165) is 16.7 Å². The summed E-state index contributed by atoms with van der Waals surface area (Å²) < 4.78 is 6.92. The van der Waals surface area contributed by atoms with E-state index in [1.807, 2.05) is 65.0 Å². The van der Waals surface area contributed by atoms with E-state index in [0.29, 0.717) is 22.7 Å². The van der Waals surface area contributed by atoms with Crippen molar-refractivity contribution < 1.29 is 9.53 Å². The number of ketones is 1. The zero-order valence-electron chi connectivity index (χ0n) is 18.4. The summed E-state index contributed by atoms with van der Waals surface area (Å²) in [4.78, 5) is 31.1. The summed E-state index contributed by atoms with van der Waals surface area (Å²) in [6.07, 6.45) is 0. The predicted molar refractivity (Wildman–Crippen MR) is 123 cm³/mol. The van der Waals surface area contributed by atoms with Crippen molar-refractivity contribution in [1.82, 2.24) is 9.55 Å². The van der Waals surface area contributed by atoms with Crippen molar-refractivity contribution >= 4 is 28.4 Å². The van der Waals surface area contributed by atoms with Gasteiger partial charge in [-0.2, -0.15) is 0 Å². The lowest BCUT2D eigenvalue weighted by molar-refractivity contribution is 0.0993. The largest absolute Gasteiger partial charge is 0.383 e. The zero-order chi connectivity index (χ0) is 22.0. The van der Waals surface area contributed by atoms with E-state index in [1.54, 1.807) is 17.7 Å². The number of aryl methyl sites for hydroxylation is 3. The van der Waals surface area contributed by atoms with Gasteiger partial charge in [0, 0.05) is 12.7 Å². The summed E-state index contributed by atoms with van der Waals surface area (Å²) in [6, 6.07) is 11.1. The number of hydrogen-bond donors (Lipinski definition) is 0. The third-order valence-electron chi connectivity index (χ3n) is 5.38. The minimum Gasteiger partial charge on any atom is -0.383 e. The summed E-state index contributed by atoms with van der Waals surface area (Å²) in [5.74, 6) is 0.0361. The molecule has 1 heterocycles. The maximum absolute atomic E-state index is 13.2. The second-order valence-corrected chi connectivity index (χ2v) is 9.07. The monoisotopic (exact) mass is 424 g/mol. The molecule has 2 unspecified atom stereocenters. The molecule has 3 rings (SSSR count). The summed E-state index contributed by atoms with van der Waals surface area (Å²) in [5, 5.41) is 0.708. The molecule has 0 fully saturated rings. The fourth-order valence-corrected chi connectivity index (χ4v) is 4.65. The lowest BCUT2D eigenvalue weighted by atomic mass is 9.97. The van der Waals surface area contributed by atoms with E-state index in [-0.39, 0.29) is 22.6 Å². The van der Waals surface area contributed by atoms with E-state index in [2.05, 4.69) is 0 Å². The van der Waals surface area contributed by atoms with Gasteiger partial charge in [0.15, 0.2) is 10.9 Å². The molecule has 1 aromatic heterocycles. The number of hydrogen-bond acceptors (Lipinski definition) is 5. The Labute approximate surface area is 181 Å². The van der Waals surface area contributed by atoms with Crippen molar-refractivity contribution in [2.24, 2.45) is 0 Å². The normalized spacial score (nSPS) is 13.4. The number of nitrogens with zero attached hydrogens (tertiary/aromatic N) is 2. The first-order valence-electron chi connectivity index (χ1n) is 10.0. The highest BCUT2D eigenvalue weighted by molar-refractivity contribution is 8.00. The number of carbonyl (C=O) groups excluding carboxylic acids is 1. The van der Waals surface area contributed by atoms with Gasteiger partial charge in [0.1, 0.15) is 0 Å². The number of thioether (sulfide) groups is 1. The van der Waals surface area contributed by atoms with Crippen LogP contribution in [0.3, 0.4) is 0 Å². The molecule has 0 N–H and O–H groups in total. The zero-order valence-corrected chi connectivity index (χ0v) is 19.2. The van der Waals surface area contributed by atoms with Crippen molar-refractivity contribution in [2.45, 2.75) is 51.1 Å². The lowest BCUT2D eigenvalue weighted by Crippen LogP contribution is -2.29. The van der Waals surface area contributed by atoms with Gasteiger partial charge in [0.05, 0.1) is 28.8 Å². The molecular weight excluding hydrogens is 396 g/mol. The Balaban J connectivity index is 2.04. The smallest absolute Gasteiger partial charge is 0.262 e. The highest BCUT2D eigenvalue weighted by Crippen LogP contribution is 2.28. The minimum atomic E-state index is -0.389. The van der Waals surface area contributed by atoms with Crippen LogP contribution in [0.1, 0.15) is 46.9 Å². The van der Waals surface area contributed by atoms with E-state index in [4.69, 9.17) is 9.72 Å². The Morgan fingerprint density at radius 1 is 1.10 bits per heavy atom. The quantitative estimate of drug-likeness (QED) is 0.307. The highest BCUT2D eigenvalue weighted by Gasteiger charge is 2.24. The number of carbonyl (C=O) groups is 1. The molecule has 0 amide bonds. The number of Topliss-reactive ketones (excluding diaryl/α,β-unsaturated/α-hetero) is 1. The first kappa shape index (κ1) is 22.2. The van der Waals surface area contributed by atoms with Crippen LogP contribution in [0.25, 0.3) is 10.9 Å². The number of ether oxygens (including phenoxy) is 1. The van der Waals surface area contributed by atoms with E-state index in [1.165, 1.54) is 17.3 Å². The number of methoxy groups -OCH3 is 1. The van der Waals surface area contributed by atoms with Crippen LogP contribution in [-0.2, 0) is 4.74 Å². The SMILES string of the molecule is COCC(C)n1c(SC(C)C(=O)c2cc(C)c(C)cc2C)nc2ccccc2c1=O. The molecule has 0 spiro atoms. The van der Waals surface area contributed by atoms with Crippen molar-refractivity contribution in [2.75, 3.05) is 13.7 Å². The fraction of sp³-hybridized carbons (Fsp3) is 0.375. The molecule has 0 aliphatic carbocycles. The molecule has 6 heteroatoms. The number of aromatic nitrogens is 2. The molecule has 2 atom stereocenters. The second-order valence-electron chi connectivity index (χ2n) is 7.77. The molecule has 0 aliphatic rings. The summed E-state index contributed by atoms with van der Waals surface area (Å²) in [6.45, 7) is 10.2. The standard InChI is InChI=1S/C24H28N2O3S/c1-14-11-16(3)20(12-15(14)2)22(27)18(5)30-24-25-21-10-8-7-9-19(21)23(28)26(24)17(4)13-29-6/h7-12,17-18H,13H2,1-6H3. The second kappa shape index (κ2) is 9.14. The van der Waals surface area contributed by atoms with Gasteiger partial charge in [-0.1, -0.05) is 30.0 Å². The molecule has 5 nitrogen and oxygen atoms in total. The summed E-state index contributed by atoms with van der Waals surface area (Å²) in [7, 11) is 1.61. The van der Waals surface area contributed by atoms with Gasteiger partial charge >= 0.3 is 0 Å². The third kappa shape index (κ3) is 4.35. The molecule has 0 aliphatic heterocycles. The lowest BCUT2D eigenvalue weighted by Gasteiger charge is -2.21. The molecule has 30 heavy (non-hydrogen) atoms. The van der Waals surface area contributed by atoms with Gasteiger partial charge in [-0.05, 0) is 69.5 Å². The van der Waals surface area contributed by atoms with Crippen LogP contribution in [0.5, 0.6) is 0 Å². The molecule has 0 saturated carbocycles. The van der Waals surface area contributed by atoms with E-state index >= 15 is 0 Å². The summed E-state index contributed by atoms with van der Waals surface area (Å²) in [5.41, 5.74) is 4.46. The number of fused-ring (bicyclic) bond motifs is 1. The number of benzene rings is 2. The molecule has 0 radical (unpaired) electrons. The van der Waals surface area contributed by atoms with E-state index in [9.17, 15) is 9.59 Å². The van der Waals surface area contributed by atoms with E-state index < -0.39 is 0 Å². The Morgan fingerprint density at radius 2 is 1.77 bits per heavy atom. The van der Waals surface area contributed by atoms with Crippen molar-refractivity contribution in [3.63, 3.8) is 0 Å². The van der Waals surface area contributed by atoms with Crippen LogP contribution in [0, 0.1) is 20.8 Å². The van der Waals surface area contributed by atoms with Crippen LogP contribution < -0.4 is 5.56 Å². The predicted octanol–water partition coefficient (Wildman–Crippen LogP) is 4.89. The van der Waals surface area contributed by atoms with Crippen LogP contribution in [-0.4, -0.2) is 34.3 Å². The molecule has 0 bridgehead atoms. The highest BCUT2D eigenvalue weighted by atomic mass is 32.2.